The second-order valence-electron chi connectivity index (χ2n) is 14.3. The molecule has 0 spiro atoms. The molecule has 5 aromatic rings. The molecule has 1 aliphatic carbocycles. The number of aromatic nitrogens is 2. The molecule has 57 heavy (non-hydrogen) atoms. The van der Waals surface area contributed by atoms with Gasteiger partial charge in [0.1, 0.15) is 26.0 Å². The second-order valence-corrected chi connectivity index (χ2v) is 14.3. The van der Waals surface area contributed by atoms with Crippen LogP contribution in [0.1, 0.15) is 66.7 Å². The lowest BCUT2D eigenvalue weighted by Crippen LogP contribution is -2.46. The SMILES string of the molecule is CCc1c2c(nc3cc(F)c(OCCOCNC(=O)[C@H](C)N(C)C(=O)OC4c5ccccc5-c5ccccc54)cc13)-c1cc3c(c(=O)n1C2)COC(=O)[C@]3(O)CC. The molecular weight excluding hydrogens is 735 g/mol. The number of hydrogen-bond acceptors (Lipinski definition) is 10. The zero-order chi connectivity index (χ0) is 40.2. The molecule has 2 aliphatic heterocycles. The number of carbonyl (C=O) groups is 3. The summed E-state index contributed by atoms with van der Waals surface area (Å²) in [6.07, 6.45) is -0.671. The largest absolute Gasteiger partial charge is 0.488 e. The number of esters is 1. The summed E-state index contributed by atoms with van der Waals surface area (Å²) < 4.78 is 39.4. The lowest BCUT2D eigenvalue weighted by atomic mass is 9.86. The van der Waals surface area contributed by atoms with E-state index in [-0.39, 0.29) is 62.0 Å². The number of hydrogen-bond donors (Lipinski definition) is 2. The number of halogens is 1. The van der Waals surface area contributed by atoms with E-state index in [4.69, 9.17) is 23.9 Å². The number of aliphatic hydroxyl groups is 1. The van der Waals surface area contributed by atoms with E-state index in [0.717, 1.165) is 33.4 Å². The quantitative estimate of drug-likeness (QED) is 0.0982. The van der Waals surface area contributed by atoms with Gasteiger partial charge >= 0.3 is 12.1 Å². The molecule has 2 amide bonds. The number of amides is 2. The van der Waals surface area contributed by atoms with Crippen molar-refractivity contribution in [2.75, 3.05) is 27.0 Å². The first-order valence-corrected chi connectivity index (χ1v) is 18.9. The smallest absolute Gasteiger partial charge is 0.411 e. The molecule has 0 unspecified atom stereocenters. The van der Waals surface area contributed by atoms with Crippen molar-refractivity contribution < 1.29 is 42.8 Å². The Labute approximate surface area is 326 Å². The van der Waals surface area contributed by atoms with E-state index in [9.17, 15) is 24.3 Å². The van der Waals surface area contributed by atoms with Gasteiger partial charge in [0.25, 0.3) is 5.56 Å². The number of aryl methyl sites for hydroxylation is 1. The van der Waals surface area contributed by atoms with Gasteiger partial charge in [0.15, 0.2) is 23.3 Å². The molecule has 0 radical (unpaired) electrons. The zero-order valence-corrected chi connectivity index (χ0v) is 31.9. The van der Waals surface area contributed by atoms with E-state index in [1.165, 1.54) is 18.0 Å². The molecular formula is C43H41FN4O9. The first-order valence-electron chi connectivity index (χ1n) is 18.9. The van der Waals surface area contributed by atoms with Crippen LogP contribution < -0.4 is 15.6 Å². The minimum atomic E-state index is -1.95. The molecule has 0 bridgehead atoms. The van der Waals surface area contributed by atoms with Gasteiger partial charge in [-0.1, -0.05) is 62.4 Å². The standard InChI is InChI=1S/C43H41FN4O9/c1-5-24-29-17-36(33(44)19-34(29)46-37-30(24)20-48-35(37)18-32-31(40(48)50)21-56-41(51)43(32,53)6-2)55-16-15-54-22-45-39(49)23(3)47(4)42(52)57-38-27-13-9-7-11-25(27)26-12-8-10-14-28(26)38/h7-14,17-19,23,38,53H,5-6,15-16,20-22H2,1-4H3,(H,45,49)/t23-,43-/m0/s1. The Morgan fingerprint density at radius 1 is 1.05 bits per heavy atom. The number of nitrogens with one attached hydrogen (secondary N) is 1. The Bertz CT molecular complexity index is 2490. The zero-order valence-electron chi connectivity index (χ0n) is 31.9. The fourth-order valence-corrected chi connectivity index (χ4v) is 7.98. The summed E-state index contributed by atoms with van der Waals surface area (Å²) in [4.78, 5) is 58.3. The van der Waals surface area contributed by atoms with E-state index >= 15 is 4.39 Å². The molecule has 13 nitrogen and oxygen atoms in total. The molecule has 2 atom stereocenters. The highest BCUT2D eigenvalue weighted by Gasteiger charge is 2.45. The highest BCUT2D eigenvalue weighted by molar-refractivity contribution is 5.90. The summed E-state index contributed by atoms with van der Waals surface area (Å²) >= 11 is 0. The molecule has 4 heterocycles. The van der Waals surface area contributed by atoms with Gasteiger partial charge in [-0.3, -0.25) is 14.5 Å². The van der Waals surface area contributed by atoms with Gasteiger partial charge in [0.05, 0.1) is 35.6 Å². The van der Waals surface area contributed by atoms with Crippen molar-refractivity contribution in [3.8, 4) is 28.3 Å². The van der Waals surface area contributed by atoms with Crippen molar-refractivity contribution in [1.29, 1.82) is 0 Å². The molecule has 3 aromatic carbocycles. The summed E-state index contributed by atoms with van der Waals surface area (Å²) in [6.45, 7) is 4.98. The number of pyridine rings is 2. The van der Waals surface area contributed by atoms with E-state index in [1.54, 1.807) is 30.5 Å². The Morgan fingerprint density at radius 2 is 1.75 bits per heavy atom. The Morgan fingerprint density at radius 3 is 2.44 bits per heavy atom. The van der Waals surface area contributed by atoms with E-state index in [2.05, 4.69) is 5.32 Å². The summed E-state index contributed by atoms with van der Waals surface area (Å²) in [7, 11) is 1.50. The van der Waals surface area contributed by atoms with Crippen molar-refractivity contribution in [2.24, 2.45) is 0 Å². The Hall–Kier alpha value is -6.12. The van der Waals surface area contributed by atoms with Gasteiger partial charge in [-0.05, 0) is 48.6 Å². The highest BCUT2D eigenvalue weighted by atomic mass is 19.1. The minimum absolute atomic E-state index is 0.0142. The summed E-state index contributed by atoms with van der Waals surface area (Å²) in [5, 5.41) is 14.5. The molecule has 2 N–H and O–H groups in total. The topological polar surface area (TPSA) is 159 Å². The van der Waals surface area contributed by atoms with Gasteiger partial charge < -0.3 is 33.9 Å². The van der Waals surface area contributed by atoms with Crippen LogP contribution in [0.4, 0.5) is 9.18 Å². The summed E-state index contributed by atoms with van der Waals surface area (Å²) in [6, 6.07) is 19.1. The molecule has 8 rings (SSSR count). The van der Waals surface area contributed by atoms with Gasteiger partial charge in [-0.2, -0.15) is 0 Å². The molecule has 2 aromatic heterocycles. The van der Waals surface area contributed by atoms with E-state index in [0.29, 0.717) is 28.7 Å². The van der Waals surface area contributed by atoms with Crippen LogP contribution in [0.5, 0.6) is 5.75 Å². The average molecular weight is 777 g/mol. The molecule has 0 fully saturated rings. The van der Waals surface area contributed by atoms with Crippen LogP contribution in [0.3, 0.4) is 0 Å². The number of carbonyl (C=O) groups excluding carboxylic acids is 3. The highest BCUT2D eigenvalue weighted by Crippen LogP contribution is 2.45. The maximum atomic E-state index is 15.4. The number of nitrogens with zero attached hydrogens (tertiary/aromatic N) is 3. The maximum absolute atomic E-state index is 15.4. The monoisotopic (exact) mass is 776 g/mol. The number of rotatable bonds is 11. The van der Waals surface area contributed by atoms with Gasteiger partial charge in [0.2, 0.25) is 5.91 Å². The van der Waals surface area contributed by atoms with Gasteiger partial charge in [0, 0.05) is 40.8 Å². The van der Waals surface area contributed by atoms with E-state index < -0.39 is 41.5 Å². The lowest BCUT2D eigenvalue weighted by molar-refractivity contribution is -0.172. The summed E-state index contributed by atoms with van der Waals surface area (Å²) in [5.74, 6) is -1.93. The number of likely N-dealkylation sites (N-methyl/N-ethyl adjacent to an activating group) is 1. The predicted octanol–water partition coefficient (Wildman–Crippen LogP) is 5.48. The third-order valence-corrected chi connectivity index (χ3v) is 11.3. The van der Waals surface area contributed by atoms with Crippen LogP contribution >= 0.6 is 0 Å². The van der Waals surface area contributed by atoms with Crippen LogP contribution in [0.25, 0.3) is 33.4 Å². The fraction of sp³-hybridized carbons (Fsp3) is 0.326. The average Bonchev–Trinajstić information content (AvgIpc) is 3.74. The van der Waals surface area contributed by atoms with Crippen molar-refractivity contribution in [3.05, 3.63) is 116 Å². The number of fused-ring (bicyclic) bond motifs is 8. The Balaban J connectivity index is 0.881. The maximum Gasteiger partial charge on any atom is 0.411 e. The molecule has 14 heteroatoms. The lowest BCUT2D eigenvalue weighted by Gasteiger charge is -2.31. The van der Waals surface area contributed by atoms with Crippen LogP contribution in [-0.4, -0.2) is 70.6 Å². The number of cyclic esters (lactones) is 1. The Kier molecular flexibility index (Phi) is 9.78. The van der Waals surface area contributed by atoms with Crippen molar-refractivity contribution in [1.82, 2.24) is 19.8 Å². The third-order valence-electron chi connectivity index (χ3n) is 11.3. The van der Waals surface area contributed by atoms with Gasteiger partial charge in [-0.15, -0.1) is 0 Å². The summed E-state index contributed by atoms with van der Waals surface area (Å²) in [5.41, 5.74) is 4.82. The molecule has 3 aliphatic rings. The molecule has 0 saturated heterocycles. The third kappa shape index (κ3) is 6.29. The van der Waals surface area contributed by atoms with Crippen LogP contribution in [0.15, 0.2) is 71.5 Å². The molecule has 294 valence electrons. The van der Waals surface area contributed by atoms with Crippen molar-refractivity contribution >= 4 is 28.9 Å². The predicted molar refractivity (Wildman–Crippen MR) is 206 cm³/mol. The number of benzene rings is 3. The first-order chi connectivity index (χ1) is 27.5. The first kappa shape index (κ1) is 37.8. The number of ether oxygens (including phenoxy) is 4. The van der Waals surface area contributed by atoms with Gasteiger partial charge in [-0.25, -0.2) is 19.0 Å². The normalized spacial score (nSPS) is 16.8. The fourth-order valence-electron chi connectivity index (χ4n) is 7.98. The minimum Gasteiger partial charge on any atom is -0.488 e. The molecule has 0 saturated carbocycles. The van der Waals surface area contributed by atoms with Crippen molar-refractivity contribution in [2.45, 2.75) is 64.5 Å². The van der Waals surface area contributed by atoms with E-state index in [1.807, 2.05) is 55.5 Å². The van der Waals surface area contributed by atoms with Crippen LogP contribution in [-0.2, 0) is 49.0 Å². The van der Waals surface area contributed by atoms with Crippen molar-refractivity contribution in [3.63, 3.8) is 0 Å². The van der Waals surface area contributed by atoms with Crippen LogP contribution in [0, 0.1) is 5.82 Å². The second kappa shape index (κ2) is 14.8. The van der Waals surface area contributed by atoms with Crippen LogP contribution in [0.2, 0.25) is 0 Å².